The second kappa shape index (κ2) is 38.5. The van der Waals surface area contributed by atoms with Gasteiger partial charge in [-0.15, -0.1) is 0 Å². The predicted molar refractivity (Wildman–Crippen MR) is 559 cm³/mol. The van der Waals surface area contributed by atoms with E-state index in [2.05, 4.69) is 41.5 Å². The number of hydrogen-bond acceptors (Lipinski definition) is 20. The Bertz CT molecular complexity index is 8130. The fraction of sp³-hybridized carbons (Fsp3) is 0.220. The molecule has 26 nitrogen and oxygen atoms in total. The maximum Gasteiger partial charge on any atom is 0.266 e. The van der Waals surface area contributed by atoms with Crippen LogP contribution in [0.5, 0.6) is 69.0 Å². The minimum atomic E-state index is -4.45. The largest absolute Gasteiger partial charge is 0.457 e. The average molecular weight is 2020 g/mol. The van der Waals surface area contributed by atoms with Gasteiger partial charge in [0.2, 0.25) is 9.84 Å². The molecule has 0 spiro atoms. The van der Waals surface area contributed by atoms with Crippen LogP contribution >= 0.6 is 0 Å². The molecule has 14 aromatic rings. The molecular weight excluding hydrogens is 1910 g/mol. The Balaban J connectivity index is 0.377. The lowest BCUT2D eigenvalue weighted by Crippen LogP contribution is -2.40. The van der Waals surface area contributed by atoms with Crippen LogP contribution in [-0.2, 0) is 26.1 Å². The molecular formula is C123H102N6O20S. The monoisotopic (exact) mass is 2010 g/mol. The summed E-state index contributed by atoms with van der Waals surface area (Å²) in [5, 5.41) is 0. The average Bonchev–Trinajstić information content (AvgIpc) is 1.60. The van der Waals surface area contributed by atoms with Crippen LogP contribution < -0.4 is 38.2 Å². The highest BCUT2D eigenvalue weighted by molar-refractivity contribution is 7.91. The lowest BCUT2D eigenvalue weighted by molar-refractivity contribution is 0.0533. The number of fused-ring (bicyclic) bond motifs is 6. The van der Waals surface area contributed by atoms with Gasteiger partial charge in [0.25, 0.3) is 70.9 Å². The van der Waals surface area contributed by atoms with Gasteiger partial charge in [-0.1, -0.05) is 172 Å². The number of sulfone groups is 1. The summed E-state index contributed by atoms with van der Waals surface area (Å²) >= 11 is 0. The van der Waals surface area contributed by atoms with Gasteiger partial charge in [-0.2, -0.15) is 0 Å². The molecule has 27 heteroatoms. The third kappa shape index (κ3) is 17.9. The molecule has 1 unspecified atom stereocenters. The number of carbonyl (C=O) groups is 12. The van der Waals surface area contributed by atoms with Crippen molar-refractivity contribution in [1.29, 1.82) is 0 Å². The third-order valence-corrected chi connectivity index (χ3v) is 32.2. The van der Waals surface area contributed by atoms with Crippen LogP contribution in [0.3, 0.4) is 0 Å². The lowest BCUT2D eigenvalue weighted by Gasteiger charge is -2.29. The van der Waals surface area contributed by atoms with Crippen molar-refractivity contribution in [2.24, 2.45) is 5.92 Å². The van der Waals surface area contributed by atoms with Crippen LogP contribution in [0, 0.1) is 5.92 Å². The van der Waals surface area contributed by atoms with Gasteiger partial charge in [0, 0.05) is 41.4 Å². The van der Waals surface area contributed by atoms with E-state index in [0.29, 0.717) is 92.6 Å². The maximum atomic E-state index is 14.6. The molecule has 12 amide bonds. The van der Waals surface area contributed by atoms with E-state index in [9.17, 15) is 66.0 Å². The number of amides is 12. The van der Waals surface area contributed by atoms with Crippen molar-refractivity contribution in [3.05, 3.63) is 403 Å². The molecule has 22 rings (SSSR count). The number of benzene rings is 14. The summed E-state index contributed by atoms with van der Waals surface area (Å²) in [7, 11) is -4.45. The maximum absolute atomic E-state index is 14.6. The van der Waals surface area contributed by atoms with E-state index in [1.54, 1.807) is 109 Å². The summed E-state index contributed by atoms with van der Waals surface area (Å²) in [5.74, 6) is -0.506. The van der Waals surface area contributed by atoms with Gasteiger partial charge in [0.05, 0.1) is 87.9 Å². The number of rotatable bonds is 30. The van der Waals surface area contributed by atoms with Crippen LogP contribution in [0.4, 0.5) is 11.4 Å². The molecule has 2 aliphatic carbocycles. The van der Waals surface area contributed by atoms with Gasteiger partial charge in [-0.05, 0) is 296 Å². The quantitative estimate of drug-likeness (QED) is 0.0378. The SMILES string of the molecule is CC(CCCN1C(=O)c2ccc(Oc3ccc(C(C)(C)c4ccc(Oc5ccc6c(c5)C(=O)N(C5CCCCC5)C6=O)cc4)cc3)cc2C1=O)CN1C(=O)c2ccc(Oc3ccc(C(C)(C)c4ccc(Oc5ccc6c(c5)C(=O)N(c5cccc(S(=O)(=O)c7cccc(N8C(=O)c9ccc(Oc%10ccc(C(C)(C)c%11ccc(Oc%12ccc%13c(c%12)C(=O)N(C%12CCCCC%12)C%13=O)cc%11)cc%10)cc9C8=O)c7)c5)C6=O)cc4)cc3)cc2C1=O. The van der Waals surface area contributed by atoms with Crippen molar-refractivity contribution in [2.45, 2.75) is 164 Å². The van der Waals surface area contributed by atoms with Gasteiger partial charge in [-0.3, -0.25) is 77.1 Å². The van der Waals surface area contributed by atoms with Crippen molar-refractivity contribution in [3.63, 3.8) is 0 Å². The van der Waals surface area contributed by atoms with E-state index >= 15 is 0 Å². The summed E-state index contributed by atoms with van der Waals surface area (Å²) < 4.78 is 66.8. The van der Waals surface area contributed by atoms with Gasteiger partial charge in [0.15, 0.2) is 0 Å². The Kier molecular flexibility index (Phi) is 25.0. The number of nitrogens with zero attached hydrogens (tertiary/aromatic N) is 6. The number of hydrogen-bond donors (Lipinski definition) is 0. The Morgan fingerprint density at radius 1 is 0.260 bits per heavy atom. The molecule has 6 heterocycles. The van der Waals surface area contributed by atoms with Crippen molar-refractivity contribution in [2.75, 3.05) is 22.9 Å². The highest BCUT2D eigenvalue weighted by Gasteiger charge is 2.47. The molecule has 750 valence electrons. The predicted octanol–water partition coefficient (Wildman–Crippen LogP) is 25.0. The van der Waals surface area contributed by atoms with E-state index in [0.717, 1.165) is 107 Å². The summed E-state index contributed by atoms with van der Waals surface area (Å²) in [4.78, 5) is 172. The van der Waals surface area contributed by atoms with Crippen LogP contribution in [0.25, 0.3) is 0 Å². The van der Waals surface area contributed by atoms with E-state index in [-0.39, 0.29) is 132 Å². The molecule has 0 saturated heterocycles. The summed E-state index contributed by atoms with van der Waals surface area (Å²) in [6.07, 6.45) is 10.4. The van der Waals surface area contributed by atoms with Crippen LogP contribution in [0.2, 0.25) is 0 Å². The van der Waals surface area contributed by atoms with Crippen LogP contribution in [0.15, 0.2) is 313 Å². The number of carbonyl (C=O) groups excluding carboxylic acids is 12. The molecule has 14 aromatic carbocycles. The van der Waals surface area contributed by atoms with Gasteiger partial charge < -0.3 is 28.4 Å². The molecule has 0 radical (unpaired) electrons. The molecule has 0 bridgehead atoms. The first-order valence-corrected chi connectivity index (χ1v) is 51.9. The van der Waals surface area contributed by atoms with E-state index in [4.69, 9.17) is 28.4 Å². The normalized spacial score (nSPS) is 16.0. The first kappa shape index (κ1) is 97.4. The summed E-state index contributed by atoms with van der Waals surface area (Å²) in [6.45, 7) is 14.7. The zero-order valence-corrected chi connectivity index (χ0v) is 84.1. The zero-order chi connectivity index (χ0) is 104. The molecule has 8 aliphatic rings. The standard InChI is InChI=1S/C123H102N6O20S/c1-72(17-16-62-124-109(130)97-56-50-89(65-103(97)111(124)132)144-83-38-26-73(27-39-83)121(2,3)75-30-42-85(43-31-75)146-91-52-58-99-105(67-91)117(138)126(113(99)134)79-18-10-8-11-19-79)71-125-110(131)98-57-51-90(66-104(98)112(125)133)145-84-40-28-74(29-41-84)122(4,5)77-34-46-87(47-35-77)148-93-54-60-101-107(69-93)119(140)128(115(101)136)81-22-14-24-95(63-81)150(142,143)96-25-15-23-82(64-96)129-116(137)102-61-55-94(70-108(102)120(129)141)149-88-48-36-78(37-49-88)123(6,7)76-32-44-86(45-33-76)147-92-53-59-100-106(68-92)118(139)127(114(100)135)80-20-12-9-13-21-80/h14-15,22-61,63-70,72,79-80H,8-13,16-21,62,71H2,1-7H3. The van der Waals surface area contributed by atoms with Crippen LogP contribution in [-0.4, -0.2) is 124 Å². The molecule has 2 saturated carbocycles. The molecule has 2 fully saturated rings. The Morgan fingerprint density at radius 2 is 0.487 bits per heavy atom. The molecule has 6 aliphatic heterocycles. The van der Waals surface area contributed by atoms with Crippen molar-refractivity contribution in [3.8, 4) is 69.0 Å². The minimum absolute atomic E-state index is 0.0168. The van der Waals surface area contributed by atoms with Gasteiger partial charge in [-0.25, -0.2) is 18.2 Å². The van der Waals surface area contributed by atoms with Crippen molar-refractivity contribution >= 4 is 92.1 Å². The smallest absolute Gasteiger partial charge is 0.266 e. The fourth-order valence-electron chi connectivity index (χ4n) is 21.7. The first-order valence-electron chi connectivity index (χ1n) is 50.4. The minimum Gasteiger partial charge on any atom is -0.457 e. The summed E-state index contributed by atoms with van der Waals surface area (Å²) in [5.41, 5.74) is 7.07. The van der Waals surface area contributed by atoms with Crippen molar-refractivity contribution < 1.29 is 94.4 Å². The van der Waals surface area contributed by atoms with Crippen molar-refractivity contribution in [1.82, 2.24) is 19.6 Å². The Hall–Kier alpha value is -17.3. The Labute approximate surface area is 865 Å². The zero-order valence-electron chi connectivity index (χ0n) is 83.3. The van der Waals surface area contributed by atoms with Gasteiger partial charge in [0.1, 0.15) is 69.0 Å². The second-order valence-corrected chi connectivity index (χ2v) is 43.0. The van der Waals surface area contributed by atoms with E-state index < -0.39 is 73.3 Å². The number of anilines is 2. The second-order valence-electron chi connectivity index (χ2n) is 41.0. The molecule has 0 N–H and O–H groups in total. The lowest BCUT2D eigenvalue weighted by atomic mass is 9.78. The summed E-state index contributed by atoms with van der Waals surface area (Å²) in [6, 6.07) is 84.9. The molecule has 0 aromatic heterocycles. The number of ether oxygens (including phenoxy) is 6. The highest BCUT2D eigenvalue weighted by Crippen LogP contribution is 2.46. The number of imide groups is 6. The van der Waals surface area contributed by atoms with E-state index in [1.807, 2.05) is 128 Å². The first-order chi connectivity index (χ1) is 72.2. The Morgan fingerprint density at radius 3 is 0.780 bits per heavy atom. The molecule has 150 heavy (non-hydrogen) atoms. The third-order valence-electron chi connectivity index (χ3n) is 30.5. The highest BCUT2D eigenvalue weighted by atomic mass is 32.2. The van der Waals surface area contributed by atoms with E-state index in [1.165, 1.54) is 92.4 Å². The fourth-order valence-corrected chi connectivity index (χ4v) is 23.0. The molecule has 1 atom stereocenters. The van der Waals surface area contributed by atoms with Crippen LogP contribution in [0.1, 0.15) is 283 Å². The topological polar surface area (TPSA) is 314 Å². The van der Waals surface area contributed by atoms with Gasteiger partial charge >= 0.3 is 0 Å².